The van der Waals surface area contributed by atoms with E-state index < -0.39 is 15.9 Å². The summed E-state index contributed by atoms with van der Waals surface area (Å²) in [7, 11) is -3.73. The molecule has 0 fully saturated rings. The number of amides is 1. The van der Waals surface area contributed by atoms with Gasteiger partial charge in [0.05, 0.1) is 15.6 Å². The Morgan fingerprint density at radius 1 is 1.06 bits per heavy atom. The topological polar surface area (TPSA) is 75.7 Å². The van der Waals surface area contributed by atoms with Crippen LogP contribution in [0.3, 0.4) is 0 Å². The highest BCUT2D eigenvalue weighted by Gasteiger charge is 2.23. The average Bonchev–Trinajstić information content (AvgIpc) is 2.74. The Kier molecular flexibility index (Phi) is 7.59. The average molecular weight is 524 g/mol. The third kappa shape index (κ3) is 5.78. The highest BCUT2D eigenvalue weighted by Crippen LogP contribution is 2.28. The summed E-state index contributed by atoms with van der Waals surface area (Å²) in [5, 5.41) is 3.06. The number of benzene rings is 3. The summed E-state index contributed by atoms with van der Waals surface area (Å²) in [6.45, 7) is 1.83. The van der Waals surface area contributed by atoms with E-state index in [4.69, 9.17) is 16.3 Å². The summed E-state index contributed by atoms with van der Waals surface area (Å²) < 4.78 is 33.6. The molecule has 0 atom stereocenters. The molecule has 0 spiro atoms. The van der Waals surface area contributed by atoms with Gasteiger partial charge in [0.25, 0.3) is 15.9 Å². The van der Waals surface area contributed by atoms with E-state index in [0.717, 1.165) is 4.47 Å². The van der Waals surface area contributed by atoms with E-state index >= 15 is 0 Å². The number of rotatable bonds is 8. The molecule has 0 heterocycles. The molecular formula is C22H20BrClN2O4S. The minimum Gasteiger partial charge on any atom is -0.482 e. The van der Waals surface area contributed by atoms with E-state index in [1.807, 2.05) is 6.07 Å². The Morgan fingerprint density at radius 3 is 2.35 bits per heavy atom. The largest absolute Gasteiger partial charge is 0.482 e. The Labute approximate surface area is 195 Å². The van der Waals surface area contributed by atoms with Crippen molar-refractivity contribution >= 4 is 54.8 Å². The maximum absolute atomic E-state index is 13.0. The van der Waals surface area contributed by atoms with Crippen molar-refractivity contribution in [1.29, 1.82) is 0 Å². The van der Waals surface area contributed by atoms with Crippen molar-refractivity contribution in [3.63, 3.8) is 0 Å². The lowest BCUT2D eigenvalue weighted by molar-refractivity contribution is -0.118. The van der Waals surface area contributed by atoms with Gasteiger partial charge in [-0.15, -0.1) is 0 Å². The molecule has 0 radical (unpaired) electrons. The van der Waals surface area contributed by atoms with Gasteiger partial charge in [0.1, 0.15) is 5.75 Å². The van der Waals surface area contributed by atoms with Gasteiger partial charge < -0.3 is 10.1 Å². The Hall–Kier alpha value is -2.55. The van der Waals surface area contributed by atoms with Crippen molar-refractivity contribution in [2.75, 3.05) is 22.8 Å². The van der Waals surface area contributed by atoms with Gasteiger partial charge in [-0.05, 0) is 61.5 Å². The third-order valence-corrected chi connectivity index (χ3v) is 7.02. The molecule has 0 aliphatic heterocycles. The van der Waals surface area contributed by atoms with Gasteiger partial charge in [-0.25, -0.2) is 8.42 Å². The van der Waals surface area contributed by atoms with Crippen LogP contribution in [-0.2, 0) is 14.8 Å². The van der Waals surface area contributed by atoms with E-state index in [-0.39, 0.29) is 11.5 Å². The molecule has 9 heteroatoms. The van der Waals surface area contributed by atoms with Gasteiger partial charge in [0.2, 0.25) is 0 Å². The number of nitrogens with one attached hydrogen (secondary N) is 1. The summed E-state index contributed by atoms with van der Waals surface area (Å²) in [5.74, 6) is -0.00362. The molecule has 0 aliphatic carbocycles. The second kappa shape index (κ2) is 10.2. The first-order valence-corrected chi connectivity index (χ1v) is 12.0. The number of ether oxygens (including phenoxy) is 1. The molecule has 1 amide bonds. The normalized spacial score (nSPS) is 11.1. The minimum atomic E-state index is -3.73. The van der Waals surface area contributed by atoms with Crippen LogP contribution >= 0.6 is 27.5 Å². The van der Waals surface area contributed by atoms with Crippen molar-refractivity contribution in [2.24, 2.45) is 0 Å². The molecule has 3 rings (SSSR count). The van der Waals surface area contributed by atoms with Crippen LogP contribution < -0.4 is 14.4 Å². The highest BCUT2D eigenvalue weighted by atomic mass is 79.9. The van der Waals surface area contributed by atoms with Crippen LogP contribution in [0, 0.1) is 0 Å². The van der Waals surface area contributed by atoms with E-state index in [1.165, 1.54) is 28.6 Å². The summed E-state index contributed by atoms with van der Waals surface area (Å²) in [6, 6.07) is 20.0. The number of sulfonamides is 1. The summed E-state index contributed by atoms with van der Waals surface area (Å²) in [5.41, 5.74) is 1.04. The predicted octanol–water partition coefficient (Wildman–Crippen LogP) is 5.34. The van der Waals surface area contributed by atoms with E-state index in [9.17, 15) is 13.2 Å². The molecule has 0 aliphatic rings. The quantitative estimate of drug-likeness (QED) is 0.433. The van der Waals surface area contributed by atoms with Crippen LogP contribution in [0.1, 0.15) is 6.92 Å². The van der Waals surface area contributed by atoms with Gasteiger partial charge in [-0.2, -0.15) is 0 Å². The molecule has 0 bridgehead atoms. The zero-order valence-corrected chi connectivity index (χ0v) is 19.7. The van der Waals surface area contributed by atoms with Gasteiger partial charge in [-0.1, -0.05) is 45.7 Å². The number of carbonyl (C=O) groups excluding carboxylic acids is 1. The fraction of sp³-hybridized carbons (Fsp3) is 0.136. The fourth-order valence-corrected chi connectivity index (χ4v) is 5.06. The van der Waals surface area contributed by atoms with Crippen LogP contribution in [0.15, 0.2) is 82.2 Å². The van der Waals surface area contributed by atoms with E-state index in [2.05, 4.69) is 21.2 Å². The monoisotopic (exact) mass is 522 g/mol. The van der Waals surface area contributed by atoms with Gasteiger partial charge in [0, 0.05) is 16.7 Å². The van der Waals surface area contributed by atoms with Gasteiger partial charge in [0.15, 0.2) is 6.61 Å². The van der Waals surface area contributed by atoms with Gasteiger partial charge >= 0.3 is 0 Å². The standard InChI is InChI=1S/C22H20BrClN2O4S/c1-2-26(18-6-4-3-5-7-18)31(28,29)19-11-9-17(10-12-19)25-22(27)15-30-21-13-8-16(23)14-20(21)24/h3-14H,2,15H2,1H3,(H,25,27). The molecular weight excluding hydrogens is 504 g/mol. The lowest BCUT2D eigenvalue weighted by Crippen LogP contribution is -2.30. The third-order valence-electron chi connectivity index (χ3n) is 4.31. The first-order chi connectivity index (χ1) is 14.8. The molecule has 162 valence electrons. The lowest BCUT2D eigenvalue weighted by atomic mass is 10.3. The van der Waals surface area contributed by atoms with Crippen LogP contribution in [0.4, 0.5) is 11.4 Å². The second-order valence-corrected chi connectivity index (χ2v) is 9.63. The van der Waals surface area contributed by atoms with E-state index in [1.54, 1.807) is 49.4 Å². The van der Waals surface area contributed by atoms with Crippen LogP contribution in [0.25, 0.3) is 0 Å². The number of para-hydroxylation sites is 1. The van der Waals surface area contributed by atoms with Crippen LogP contribution in [0.5, 0.6) is 5.75 Å². The zero-order chi connectivity index (χ0) is 22.4. The Morgan fingerprint density at radius 2 is 1.74 bits per heavy atom. The molecule has 0 saturated heterocycles. The maximum atomic E-state index is 13.0. The lowest BCUT2D eigenvalue weighted by Gasteiger charge is -2.23. The van der Waals surface area contributed by atoms with Crippen LogP contribution in [0.2, 0.25) is 5.02 Å². The number of halogens is 2. The molecule has 6 nitrogen and oxygen atoms in total. The van der Waals surface area contributed by atoms with Crippen molar-refractivity contribution in [2.45, 2.75) is 11.8 Å². The van der Waals surface area contributed by atoms with E-state index in [0.29, 0.717) is 28.7 Å². The number of anilines is 2. The molecule has 0 saturated carbocycles. The molecule has 3 aromatic carbocycles. The first-order valence-electron chi connectivity index (χ1n) is 9.37. The first kappa shape index (κ1) is 23.1. The predicted molar refractivity (Wildman–Crippen MR) is 126 cm³/mol. The Bertz CT molecular complexity index is 1160. The number of hydrogen-bond acceptors (Lipinski definition) is 4. The molecule has 3 aromatic rings. The maximum Gasteiger partial charge on any atom is 0.264 e. The zero-order valence-electron chi connectivity index (χ0n) is 16.6. The summed E-state index contributed by atoms with van der Waals surface area (Å²) in [4.78, 5) is 12.3. The summed E-state index contributed by atoms with van der Waals surface area (Å²) >= 11 is 9.37. The molecule has 0 aromatic heterocycles. The second-order valence-electron chi connectivity index (χ2n) is 6.44. The van der Waals surface area contributed by atoms with Crippen molar-refractivity contribution in [3.05, 3.63) is 82.3 Å². The molecule has 0 unspecified atom stereocenters. The van der Waals surface area contributed by atoms with Gasteiger partial charge in [-0.3, -0.25) is 9.10 Å². The molecule has 31 heavy (non-hydrogen) atoms. The SMILES string of the molecule is CCN(c1ccccc1)S(=O)(=O)c1ccc(NC(=O)COc2ccc(Br)cc2Cl)cc1. The smallest absolute Gasteiger partial charge is 0.264 e. The number of carbonyl (C=O) groups is 1. The number of nitrogens with zero attached hydrogens (tertiary/aromatic N) is 1. The minimum absolute atomic E-state index is 0.133. The Balaban J connectivity index is 1.66. The molecule has 1 N–H and O–H groups in total. The highest BCUT2D eigenvalue weighted by molar-refractivity contribution is 9.10. The fourth-order valence-electron chi connectivity index (χ4n) is 2.86. The van der Waals surface area contributed by atoms with Crippen molar-refractivity contribution in [1.82, 2.24) is 0 Å². The van der Waals surface area contributed by atoms with Crippen LogP contribution in [-0.4, -0.2) is 27.5 Å². The summed E-state index contributed by atoms with van der Waals surface area (Å²) in [6.07, 6.45) is 0. The van der Waals surface area contributed by atoms with Crippen molar-refractivity contribution in [3.8, 4) is 5.75 Å². The van der Waals surface area contributed by atoms with Crippen molar-refractivity contribution < 1.29 is 17.9 Å². The number of hydrogen-bond donors (Lipinski definition) is 1.